The second-order valence-electron chi connectivity index (χ2n) is 3.65. The zero-order valence-electron chi connectivity index (χ0n) is 8.90. The Balaban J connectivity index is 2.44. The van der Waals surface area contributed by atoms with Gasteiger partial charge in [-0.2, -0.15) is 5.26 Å². The van der Waals surface area contributed by atoms with E-state index in [4.69, 9.17) is 23.2 Å². The average molecular weight is 262 g/mol. The number of nitriles is 1. The van der Waals surface area contributed by atoms with Gasteiger partial charge in [0.2, 0.25) is 0 Å². The van der Waals surface area contributed by atoms with Crippen LogP contribution >= 0.6 is 23.2 Å². The molecule has 0 radical (unpaired) electrons. The summed E-state index contributed by atoms with van der Waals surface area (Å²) in [4.78, 5) is 0. The number of hydrogen-bond donors (Lipinski definition) is 0. The average Bonchev–Trinajstić information content (AvgIpc) is 2.36. The second kappa shape index (κ2) is 5.23. The summed E-state index contributed by atoms with van der Waals surface area (Å²) in [5.74, 6) is -0.314. The maximum absolute atomic E-state index is 9.27. The van der Waals surface area contributed by atoms with Crippen LogP contribution in [0.5, 0.6) is 0 Å². The van der Waals surface area contributed by atoms with Gasteiger partial charge < -0.3 is 0 Å². The van der Waals surface area contributed by atoms with Crippen molar-refractivity contribution in [3.8, 4) is 6.07 Å². The van der Waals surface area contributed by atoms with Gasteiger partial charge in [0, 0.05) is 0 Å². The molecule has 0 aliphatic rings. The van der Waals surface area contributed by atoms with E-state index in [0.717, 1.165) is 11.1 Å². The molecule has 0 aliphatic heterocycles. The lowest BCUT2D eigenvalue weighted by molar-refractivity contribution is 1.04. The quantitative estimate of drug-likeness (QED) is 0.772. The van der Waals surface area contributed by atoms with Crippen molar-refractivity contribution >= 4 is 23.2 Å². The monoisotopic (exact) mass is 261 g/mol. The molecule has 0 spiro atoms. The fourth-order valence-corrected chi connectivity index (χ4v) is 1.99. The predicted molar refractivity (Wildman–Crippen MR) is 70.4 cm³/mol. The molecular weight excluding hydrogens is 253 g/mol. The van der Waals surface area contributed by atoms with Crippen molar-refractivity contribution < 1.29 is 0 Å². The number of nitrogens with zero attached hydrogens (tertiary/aromatic N) is 1. The molecule has 0 aromatic heterocycles. The summed E-state index contributed by atoms with van der Waals surface area (Å²) >= 11 is 11.8. The molecule has 2 aromatic rings. The van der Waals surface area contributed by atoms with Gasteiger partial charge in [-0.25, -0.2) is 0 Å². The van der Waals surface area contributed by atoms with Crippen LogP contribution in [0, 0.1) is 11.3 Å². The molecule has 3 heteroatoms. The van der Waals surface area contributed by atoms with Crippen molar-refractivity contribution in [2.24, 2.45) is 0 Å². The van der Waals surface area contributed by atoms with Gasteiger partial charge >= 0.3 is 0 Å². The second-order valence-corrected chi connectivity index (χ2v) is 4.46. The first-order valence-corrected chi connectivity index (χ1v) is 5.87. The lowest BCUT2D eigenvalue weighted by Crippen LogP contribution is -1.97. The molecule has 2 aromatic carbocycles. The van der Waals surface area contributed by atoms with E-state index in [1.54, 1.807) is 12.1 Å². The van der Waals surface area contributed by atoms with E-state index in [2.05, 4.69) is 6.07 Å². The van der Waals surface area contributed by atoms with Gasteiger partial charge in [0.25, 0.3) is 0 Å². The molecule has 0 amide bonds. The summed E-state index contributed by atoms with van der Waals surface area (Å²) in [5, 5.41) is 10.2. The third kappa shape index (κ3) is 2.61. The largest absolute Gasteiger partial charge is 0.197 e. The first-order chi connectivity index (χ1) is 8.22. The van der Waals surface area contributed by atoms with Crippen LogP contribution in [0.25, 0.3) is 0 Å². The standard InChI is InChI=1S/C14H9Cl2N/c15-13-7-6-11(8-14(13)16)12(9-17)10-4-2-1-3-5-10/h1-8,12H. The molecule has 84 valence electrons. The highest BCUT2D eigenvalue weighted by Crippen LogP contribution is 2.29. The summed E-state index contributed by atoms with van der Waals surface area (Å²) in [6.07, 6.45) is 0. The molecule has 0 fully saturated rings. The van der Waals surface area contributed by atoms with Crippen LogP contribution in [0.4, 0.5) is 0 Å². The lowest BCUT2D eigenvalue weighted by Gasteiger charge is -2.10. The van der Waals surface area contributed by atoms with Crippen LogP contribution in [0.2, 0.25) is 10.0 Å². The zero-order chi connectivity index (χ0) is 12.3. The Morgan fingerprint density at radius 3 is 2.18 bits per heavy atom. The topological polar surface area (TPSA) is 23.8 Å². The van der Waals surface area contributed by atoms with Crippen LogP contribution in [0.3, 0.4) is 0 Å². The van der Waals surface area contributed by atoms with Gasteiger partial charge in [-0.05, 0) is 23.3 Å². The molecule has 1 atom stereocenters. The van der Waals surface area contributed by atoms with Crippen LogP contribution in [0.1, 0.15) is 17.0 Å². The third-order valence-corrected chi connectivity index (χ3v) is 3.28. The molecule has 0 saturated heterocycles. The van der Waals surface area contributed by atoms with Crippen LogP contribution in [-0.2, 0) is 0 Å². The maximum Gasteiger partial charge on any atom is 0.0963 e. The molecule has 1 unspecified atom stereocenters. The highest BCUT2D eigenvalue weighted by molar-refractivity contribution is 6.42. The van der Waals surface area contributed by atoms with E-state index in [1.165, 1.54) is 0 Å². The Hall–Kier alpha value is -1.49. The number of hydrogen-bond acceptors (Lipinski definition) is 1. The number of benzene rings is 2. The van der Waals surface area contributed by atoms with E-state index in [-0.39, 0.29) is 5.92 Å². The molecule has 0 heterocycles. The minimum Gasteiger partial charge on any atom is -0.197 e. The van der Waals surface area contributed by atoms with Crippen LogP contribution < -0.4 is 0 Å². The number of rotatable bonds is 2. The molecule has 0 aliphatic carbocycles. The predicted octanol–water partition coefficient (Wildman–Crippen LogP) is 4.65. The highest BCUT2D eigenvalue weighted by Gasteiger charge is 2.13. The Morgan fingerprint density at radius 1 is 0.882 bits per heavy atom. The first kappa shape index (κ1) is 12.0. The third-order valence-electron chi connectivity index (χ3n) is 2.54. The Labute approximate surface area is 110 Å². The summed E-state index contributed by atoms with van der Waals surface area (Å²) in [6.45, 7) is 0. The summed E-state index contributed by atoms with van der Waals surface area (Å²) in [6, 6.07) is 17.2. The Bertz CT molecular complexity index is 558. The zero-order valence-corrected chi connectivity index (χ0v) is 10.4. The maximum atomic E-state index is 9.27. The molecule has 0 saturated carbocycles. The fraction of sp³-hybridized carbons (Fsp3) is 0.0714. The van der Waals surface area contributed by atoms with Gasteiger partial charge in [-0.15, -0.1) is 0 Å². The summed E-state index contributed by atoms with van der Waals surface area (Å²) in [7, 11) is 0. The molecule has 2 rings (SSSR count). The SMILES string of the molecule is N#CC(c1ccccc1)c1ccc(Cl)c(Cl)c1. The van der Waals surface area contributed by atoms with E-state index in [9.17, 15) is 5.26 Å². The van der Waals surface area contributed by atoms with Crippen molar-refractivity contribution in [2.45, 2.75) is 5.92 Å². The lowest BCUT2D eigenvalue weighted by atomic mass is 9.93. The molecule has 0 N–H and O–H groups in total. The van der Waals surface area contributed by atoms with E-state index >= 15 is 0 Å². The van der Waals surface area contributed by atoms with Gasteiger partial charge in [-0.3, -0.25) is 0 Å². The first-order valence-electron chi connectivity index (χ1n) is 5.12. The van der Waals surface area contributed by atoms with Crippen molar-refractivity contribution in [2.75, 3.05) is 0 Å². The minimum absolute atomic E-state index is 0.314. The molecule has 0 bridgehead atoms. The molecule has 1 nitrogen and oxygen atoms in total. The summed E-state index contributed by atoms with van der Waals surface area (Å²) < 4.78 is 0. The van der Waals surface area contributed by atoms with Crippen molar-refractivity contribution in [1.82, 2.24) is 0 Å². The number of halogens is 2. The van der Waals surface area contributed by atoms with Crippen LogP contribution in [0.15, 0.2) is 48.5 Å². The van der Waals surface area contributed by atoms with Crippen molar-refractivity contribution in [1.29, 1.82) is 5.26 Å². The van der Waals surface area contributed by atoms with Gasteiger partial charge in [0.1, 0.15) is 0 Å². The van der Waals surface area contributed by atoms with Crippen molar-refractivity contribution in [3.63, 3.8) is 0 Å². The van der Waals surface area contributed by atoms with Gasteiger partial charge in [-0.1, -0.05) is 59.6 Å². The van der Waals surface area contributed by atoms with E-state index in [0.29, 0.717) is 10.0 Å². The van der Waals surface area contributed by atoms with Gasteiger partial charge in [0.15, 0.2) is 0 Å². The smallest absolute Gasteiger partial charge is 0.0963 e. The Kier molecular flexibility index (Phi) is 3.68. The summed E-state index contributed by atoms with van der Waals surface area (Å²) in [5.41, 5.74) is 1.81. The molecule has 17 heavy (non-hydrogen) atoms. The molecular formula is C14H9Cl2N. The van der Waals surface area contributed by atoms with Crippen LogP contribution in [-0.4, -0.2) is 0 Å². The minimum atomic E-state index is -0.314. The highest BCUT2D eigenvalue weighted by atomic mass is 35.5. The van der Waals surface area contributed by atoms with E-state index < -0.39 is 0 Å². The van der Waals surface area contributed by atoms with Crippen molar-refractivity contribution in [3.05, 3.63) is 69.7 Å². The Morgan fingerprint density at radius 2 is 1.59 bits per heavy atom. The van der Waals surface area contributed by atoms with Gasteiger partial charge in [0.05, 0.1) is 22.0 Å². The fourth-order valence-electron chi connectivity index (χ4n) is 1.68. The normalized spacial score (nSPS) is 11.8. The van der Waals surface area contributed by atoms with E-state index in [1.807, 2.05) is 36.4 Å².